The maximum Gasteiger partial charge on any atom is 0.132 e. The van der Waals surface area contributed by atoms with Crippen LogP contribution < -0.4 is 5.84 Å². The number of Topliss-reactive ketones (excluding diaryl/α,β-unsaturated/α-hetero) is 2. The summed E-state index contributed by atoms with van der Waals surface area (Å²) >= 11 is 0. The Morgan fingerprint density at radius 1 is 0.786 bits per heavy atom. The molecule has 0 heterocycles. The van der Waals surface area contributed by atoms with Crippen LogP contribution in [0.5, 0.6) is 0 Å². The molecule has 0 aromatic rings. The van der Waals surface area contributed by atoms with Crippen molar-refractivity contribution in [2.75, 3.05) is 59.4 Å². The van der Waals surface area contributed by atoms with Crippen LogP contribution in [0.4, 0.5) is 0 Å². The molecule has 2 N–H and O–H groups in total. The first kappa shape index (κ1) is 26.3. The van der Waals surface area contributed by atoms with E-state index in [9.17, 15) is 9.59 Å². The fourth-order valence-electron chi connectivity index (χ4n) is 1.91. The molecule has 0 aliphatic rings. The lowest BCUT2D eigenvalue weighted by atomic mass is 10.2. The Kier molecular flexibility index (Phi) is 18.9. The van der Waals surface area contributed by atoms with E-state index in [2.05, 4.69) is 10.1 Å². The maximum atomic E-state index is 10.8. The second-order valence-electron chi connectivity index (χ2n) is 6.16. The number of aliphatic imine (C=N–C) groups is 1. The van der Waals surface area contributed by atoms with Crippen molar-refractivity contribution < 1.29 is 28.5 Å². The summed E-state index contributed by atoms with van der Waals surface area (Å²) in [6.45, 7) is 7.21. The Bertz CT molecular complexity index is 469. The van der Waals surface area contributed by atoms with E-state index in [0.29, 0.717) is 71.3 Å². The molecular weight excluding hydrogens is 366 g/mol. The Hall–Kier alpha value is -1.68. The van der Waals surface area contributed by atoms with Gasteiger partial charge < -0.3 is 29.6 Å². The van der Waals surface area contributed by atoms with Gasteiger partial charge in [-0.1, -0.05) is 0 Å². The fraction of sp³-hybridized carbons (Fsp3) is 0.789. The third kappa shape index (κ3) is 20.6. The van der Waals surface area contributed by atoms with E-state index in [4.69, 9.17) is 24.8 Å². The van der Waals surface area contributed by atoms with Crippen LogP contribution in [0.15, 0.2) is 10.1 Å². The lowest BCUT2D eigenvalue weighted by Crippen LogP contribution is -2.16. The van der Waals surface area contributed by atoms with Gasteiger partial charge in [0.15, 0.2) is 0 Å². The highest BCUT2D eigenvalue weighted by molar-refractivity contribution is 6.31. The summed E-state index contributed by atoms with van der Waals surface area (Å²) in [4.78, 5) is 25.8. The van der Waals surface area contributed by atoms with Gasteiger partial charge in [-0.05, 0) is 26.7 Å². The van der Waals surface area contributed by atoms with Gasteiger partial charge in [-0.15, -0.1) is 0 Å². The largest absolute Gasteiger partial charge is 0.379 e. The number of hydrogen-bond donors (Lipinski definition) is 1. The highest BCUT2D eigenvalue weighted by atomic mass is 16.6. The molecule has 0 unspecified atom stereocenters. The number of nitrogens with two attached hydrogens (primary N) is 1. The third-order valence-electron chi connectivity index (χ3n) is 3.44. The Morgan fingerprint density at radius 3 is 1.86 bits per heavy atom. The predicted octanol–water partition coefficient (Wildman–Crippen LogP) is 1.18. The number of carbonyl (C=O) groups excluding carboxylic acids is 2. The molecule has 0 aromatic carbocycles. The van der Waals surface area contributed by atoms with E-state index in [-0.39, 0.29) is 18.2 Å². The summed E-state index contributed by atoms with van der Waals surface area (Å²) < 4.78 is 21.4. The van der Waals surface area contributed by atoms with Crippen LogP contribution in [0.1, 0.15) is 39.5 Å². The second-order valence-corrected chi connectivity index (χ2v) is 6.16. The number of ether oxygens (including phenoxy) is 4. The van der Waals surface area contributed by atoms with Gasteiger partial charge in [-0.25, -0.2) is 0 Å². The van der Waals surface area contributed by atoms with E-state index in [1.165, 1.54) is 0 Å². The Labute approximate surface area is 167 Å². The summed E-state index contributed by atoms with van der Waals surface area (Å²) in [5.41, 5.74) is 0.555. The first-order valence-corrected chi connectivity index (χ1v) is 9.62. The van der Waals surface area contributed by atoms with Crippen molar-refractivity contribution in [2.24, 2.45) is 15.9 Å². The average molecular weight is 402 g/mol. The van der Waals surface area contributed by atoms with Crippen molar-refractivity contribution in [2.45, 2.75) is 39.5 Å². The normalized spacial score (nSPS) is 12.0. The summed E-state index contributed by atoms with van der Waals surface area (Å²) in [5.74, 6) is 5.62. The van der Waals surface area contributed by atoms with Gasteiger partial charge in [0.1, 0.15) is 17.3 Å². The number of unbranched alkanes of at least 4 members (excludes halogenated alkanes) is 1. The van der Waals surface area contributed by atoms with Crippen LogP contribution >= 0.6 is 0 Å². The first-order valence-electron chi connectivity index (χ1n) is 9.62. The van der Waals surface area contributed by atoms with Gasteiger partial charge in [-0.3, -0.25) is 9.79 Å². The molecule has 9 nitrogen and oxygen atoms in total. The molecule has 0 spiro atoms. The quantitative estimate of drug-likeness (QED) is 0.141. The Balaban J connectivity index is 3.41. The van der Waals surface area contributed by atoms with E-state index < -0.39 is 0 Å². The molecule has 0 aliphatic carbocycles. The number of carbonyl (C=O) groups is 2. The van der Waals surface area contributed by atoms with Gasteiger partial charge in [-0.2, -0.15) is 5.10 Å². The number of hydrogen-bond acceptors (Lipinski definition) is 9. The minimum atomic E-state index is 0.120. The van der Waals surface area contributed by atoms with Crippen molar-refractivity contribution >= 4 is 23.5 Å². The van der Waals surface area contributed by atoms with E-state index in [1.807, 2.05) is 0 Å². The van der Waals surface area contributed by atoms with Crippen LogP contribution in [0, 0.1) is 0 Å². The van der Waals surface area contributed by atoms with Crippen LogP contribution in [-0.4, -0.2) is 82.9 Å². The summed E-state index contributed by atoms with van der Waals surface area (Å²) in [7, 11) is 0. The minimum Gasteiger partial charge on any atom is -0.379 e. The van der Waals surface area contributed by atoms with Gasteiger partial charge in [0.05, 0.1) is 52.9 Å². The zero-order valence-electron chi connectivity index (χ0n) is 17.2. The monoisotopic (exact) mass is 401 g/mol. The zero-order valence-corrected chi connectivity index (χ0v) is 17.2. The zero-order chi connectivity index (χ0) is 20.9. The molecule has 162 valence electrons. The van der Waals surface area contributed by atoms with Crippen molar-refractivity contribution in [1.29, 1.82) is 0 Å². The van der Waals surface area contributed by atoms with E-state index in [0.717, 1.165) is 12.8 Å². The van der Waals surface area contributed by atoms with Gasteiger partial charge in [0.25, 0.3) is 0 Å². The highest BCUT2D eigenvalue weighted by Crippen LogP contribution is 1.96. The lowest BCUT2D eigenvalue weighted by Gasteiger charge is -2.07. The molecule has 0 aromatic heterocycles. The standard InChI is InChI=1S/C19H35N3O6/c1-17(23)5-3-4-7-21-15-19(22-20)16-28-14-13-27-12-11-26-10-9-25-8-6-18(2)24/h15H,3-14,16,20H2,1-2H3. The summed E-state index contributed by atoms with van der Waals surface area (Å²) in [6.07, 6.45) is 4.32. The van der Waals surface area contributed by atoms with Crippen LogP contribution in [0.25, 0.3) is 0 Å². The Morgan fingerprint density at radius 2 is 1.32 bits per heavy atom. The van der Waals surface area contributed by atoms with Crippen molar-refractivity contribution in [3.8, 4) is 0 Å². The second kappa shape index (κ2) is 20.1. The molecule has 0 aliphatic heterocycles. The first-order chi connectivity index (χ1) is 13.6. The topological polar surface area (TPSA) is 122 Å². The molecule has 0 rings (SSSR count). The fourth-order valence-corrected chi connectivity index (χ4v) is 1.91. The number of nitrogens with zero attached hydrogens (tertiary/aromatic N) is 2. The van der Waals surface area contributed by atoms with Crippen LogP contribution in [0.3, 0.4) is 0 Å². The average Bonchev–Trinajstić information content (AvgIpc) is 2.65. The van der Waals surface area contributed by atoms with Gasteiger partial charge >= 0.3 is 0 Å². The molecule has 0 saturated carbocycles. The van der Waals surface area contributed by atoms with Gasteiger partial charge in [0, 0.05) is 25.6 Å². The molecule has 9 heteroatoms. The molecule has 0 fully saturated rings. The predicted molar refractivity (Wildman–Crippen MR) is 108 cm³/mol. The van der Waals surface area contributed by atoms with Crippen molar-refractivity contribution in [3.63, 3.8) is 0 Å². The SMILES string of the molecule is CC(=O)CCCCN=CC(COCCOCCOCCOCCC(C)=O)=NN. The molecular formula is C19H35N3O6. The minimum absolute atomic E-state index is 0.120. The maximum absolute atomic E-state index is 10.8. The number of hydrazone groups is 1. The molecule has 0 atom stereocenters. The smallest absolute Gasteiger partial charge is 0.132 e. The van der Waals surface area contributed by atoms with Crippen molar-refractivity contribution in [3.05, 3.63) is 0 Å². The van der Waals surface area contributed by atoms with Crippen LogP contribution in [-0.2, 0) is 28.5 Å². The lowest BCUT2D eigenvalue weighted by molar-refractivity contribution is -0.118. The van der Waals surface area contributed by atoms with Gasteiger partial charge in [0.2, 0.25) is 0 Å². The third-order valence-corrected chi connectivity index (χ3v) is 3.44. The van der Waals surface area contributed by atoms with Crippen molar-refractivity contribution in [1.82, 2.24) is 0 Å². The molecule has 0 amide bonds. The van der Waals surface area contributed by atoms with Crippen LogP contribution in [0.2, 0.25) is 0 Å². The summed E-state index contributed by atoms with van der Waals surface area (Å²) in [5, 5.41) is 3.63. The van der Waals surface area contributed by atoms with E-state index in [1.54, 1.807) is 20.1 Å². The molecule has 0 radical (unpaired) electrons. The number of rotatable bonds is 20. The van der Waals surface area contributed by atoms with E-state index >= 15 is 0 Å². The molecule has 0 bridgehead atoms. The highest BCUT2D eigenvalue weighted by Gasteiger charge is 1.98. The molecule has 28 heavy (non-hydrogen) atoms. The number of ketones is 2. The summed E-state index contributed by atoms with van der Waals surface area (Å²) in [6, 6.07) is 0. The molecule has 0 saturated heterocycles.